The van der Waals surface area contributed by atoms with E-state index >= 15 is 0 Å². The molecule has 2 rings (SSSR count). The van der Waals surface area contributed by atoms with Crippen molar-refractivity contribution in [3.8, 4) is 0 Å². The van der Waals surface area contributed by atoms with E-state index in [-0.39, 0.29) is 18.6 Å². The third-order valence-electron chi connectivity index (χ3n) is 5.91. The molecule has 2 fully saturated rings. The summed E-state index contributed by atoms with van der Waals surface area (Å²) in [5.41, 5.74) is -3.30. The van der Waals surface area contributed by atoms with Gasteiger partial charge in [-0.05, 0) is 83.1 Å². The first kappa shape index (κ1) is 50.7. The molecule has 246 valence electrons. The summed E-state index contributed by atoms with van der Waals surface area (Å²) in [6.45, 7) is 22.2. The van der Waals surface area contributed by atoms with Crippen molar-refractivity contribution in [1.82, 2.24) is 0 Å². The second-order valence-corrected chi connectivity index (χ2v) is 24.4. The molecule has 0 spiro atoms. The largest absolute Gasteiger partial charge is 0.503 e. The first-order valence-corrected chi connectivity index (χ1v) is 22.3. The maximum atomic E-state index is 10.6. The van der Waals surface area contributed by atoms with Crippen LogP contribution in [0.3, 0.4) is 0 Å². The zero-order chi connectivity index (χ0) is 32.8. The van der Waals surface area contributed by atoms with Crippen molar-refractivity contribution < 1.29 is 49.0 Å². The Balaban J connectivity index is -0.000000127. The number of carbonyl (C=O) groups is 2. The Morgan fingerprint density at radius 2 is 0.925 bits per heavy atom. The molecule has 2 heterocycles. The summed E-state index contributed by atoms with van der Waals surface area (Å²) in [5.74, 6) is -1.20. The van der Waals surface area contributed by atoms with Gasteiger partial charge in [0.25, 0.3) is 0 Å². The van der Waals surface area contributed by atoms with Gasteiger partial charge >= 0.3 is 54.0 Å². The van der Waals surface area contributed by atoms with Crippen molar-refractivity contribution >= 4 is 93.7 Å². The van der Waals surface area contributed by atoms with Crippen molar-refractivity contribution in [3.63, 3.8) is 0 Å². The zero-order valence-electron chi connectivity index (χ0n) is 24.1. The van der Waals surface area contributed by atoms with E-state index in [1.165, 1.54) is 0 Å². The Kier molecular flexibility index (Phi) is 26.6. The Morgan fingerprint density at radius 1 is 0.750 bits per heavy atom. The van der Waals surface area contributed by atoms with Crippen molar-refractivity contribution in [1.29, 1.82) is 0 Å². The molecule has 2 saturated heterocycles. The number of halogens is 6. The van der Waals surface area contributed by atoms with Gasteiger partial charge in [-0.1, -0.05) is 41.1 Å². The van der Waals surface area contributed by atoms with Crippen LogP contribution >= 0.6 is 69.6 Å². The first-order chi connectivity index (χ1) is 16.8. The standard InChI is InChI=1S/C7H12O3.C7H14O2.C6H14O2.CH2O3.CH4.AsCl3.Cl3P/c1-6(2)7(3,4)10-5(8)9-6;1-6(2)7(3,4)9-5-8-6;1-5(2,7)6(3,4)8;2-1(3)4;;2-1(3)4;1-4(2)3/h1-4H3;5H2,1-4H3;7-8H,1-4H3;(H2,2,3,4);1H4;;. The molecule has 0 aromatic heterocycles. The Bertz CT molecular complexity index is 654. The second kappa shape index (κ2) is 21.0. The molecule has 0 aliphatic carbocycles. The molecule has 0 bridgehead atoms. The topological polar surface area (TPSA) is 152 Å². The number of carbonyl (C=O) groups excluding carboxylic acids is 1. The molecule has 0 unspecified atom stereocenters. The monoisotopic (exact) mass is 786 g/mol. The summed E-state index contributed by atoms with van der Waals surface area (Å²) in [6, 6.07) is 0. The maximum Gasteiger partial charge on any atom is 0.503 e. The van der Waals surface area contributed by atoms with Crippen LogP contribution in [0.15, 0.2) is 0 Å². The van der Waals surface area contributed by atoms with E-state index in [2.05, 4.69) is 0 Å². The normalized spacial score (nSPS) is 19.0. The fourth-order valence-corrected chi connectivity index (χ4v) is 1.35. The summed E-state index contributed by atoms with van der Waals surface area (Å²) in [5, 5.41) is 32.2. The van der Waals surface area contributed by atoms with E-state index in [1.54, 1.807) is 27.7 Å². The predicted molar refractivity (Wildman–Crippen MR) is 169 cm³/mol. The number of aliphatic hydroxyl groups is 2. The van der Waals surface area contributed by atoms with Gasteiger partial charge < -0.3 is 39.4 Å². The second-order valence-electron chi connectivity index (χ2n) is 10.7. The first-order valence-electron chi connectivity index (χ1n) is 10.9. The van der Waals surface area contributed by atoms with Gasteiger partial charge in [0.15, 0.2) is 5.98 Å². The van der Waals surface area contributed by atoms with Gasteiger partial charge in [0.2, 0.25) is 0 Å². The van der Waals surface area contributed by atoms with E-state index in [9.17, 15) is 4.79 Å². The van der Waals surface area contributed by atoms with Crippen LogP contribution in [0.2, 0.25) is 0 Å². The molecular weight excluding hydrogens is 743 g/mol. The van der Waals surface area contributed by atoms with Crippen LogP contribution in [0, 0.1) is 0 Å². The minimum Gasteiger partial charge on any atom is -0.450 e. The molecule has 2 aliphatic rings. The summed E-state index contributed by atoms with van der Waals surface area (Å²) in [7, 11) is 14.9. The Morgan fingerprint density at radius 3 is 0.975 bits per heavy atom. The molecular formula is C22H46AsCl6O10P. The van der Waals surface area contributed by atoms with Crippen LogP contribution in [0.25, 0.3) is 0 Å². The van der Waals surface area contributed by atoms with Gasteiger partial charge in [0, 0.05) is 0 Å². The average molecular weight is 789 g/mol. The third-order valence-corrected chi connectivity index (χ3v) is 5.91. The van der Waals surface area contributed by atoms with Crippen molar-refractivity contribution in [2.45, 2.75) is 124 Å². The van der Waals surface area contributed by atoms with Gasteiger partial charge in [0.05, 0.1) is 22.4 Å². The van der Waals surface area contributed by atoms with Gasteiger partial charge in [-0.2, -0.15) is 0 Å². The summed E-state index contributed by atoms with van der Waals surface area (Å²) < 4.78 is 20.5. The van der Waals surface area contributed by atoms with Crippen LogP contribution in [-0.4, -0.2) is 85.0 Å². The van der Waals surface area contributed by atoms with Crippen LogP contribution in [0.1, 0.15) is 90.5 Å². The van der Waals surface area contributed by atoms with Gasteiger partial charge in [-0.3, -0.25) is 0 Å². The number of hydrogen-bond donors (Lipinski definition) is 4. The average Bonchev–Trinajstić information content (AvgIpc) is 2.92. The number of hydrogen-bond acceptors (Lipinski definition) is 8. The van der Waals surface area contributed by atoms with E-state index in [0.717, 1.165) is 0 Å². The van der Waals surface area contributed by atoms with Crippen LogP contribution in [0.5, 0.6) is 0 Å². The van der Waals surface area contributed by atoms with Crippen LogP contribution < -0.4 is 0 Å². The number of carboxylic acid groups (broad SMARTS) is 2. The minimum atomic E-state index is -1.83. The third kappa shape index (κ3) is 26.7. The quantitative estimate of drug-likeness (QED) is 0.115. The van der Waals surface area contributed by atoms with Crippen molar-refractivity contribution in [3.05, 3.63) is 0 Å². The van der Waals surface area contributed by atoms with E-state index in [1.807, 2.05) is 55.4 Å². The van der Waals surface area contributed by atoms with Crippen LogP contribution in [-0.2, 0) is 18.9 Å². The van der Waals surface area contributed by atoms with E-state index in [0.29, 0.717) is 6.79 Å². The maximum absolute atomic E-state index is 10.6. The molecule has 10 nitrogen and oxygen atoms in total. The SMILES string of the molecule is C.CC(C)(O)C(C)(C)O.CC1(C)OC(=O)OC1(C)C.CC1(C)OCOC1(C)C.ClP(Cl)Cl.Cl[As](Cl)Cl.O=C(O)O. The fraction of sp³-hybridized carbons (Fsp3) is 0.909. The Hall–Kier alpha value is 1.11. The molecule has 0 amide bonds. The smallest absolute Gasteiger partial charge is 0.450 e. The number of rotatable bonds is 1. The summed E-state index contributed by atoms with van der Waals surface area (Å²) >= 11 is 12.8. The molecule has 0 aromatic rings. The summed E-state index contributed by atoms with van der Waals surface area (Å²) in [6.07, 6.45) is -2.41. The molecule has 0 radical (unpaired) electrons. The van der Waals surface area contributed by atoms with Crippen LogP contribution in [0.4, 0.5) is 9.59 Å². The zero-order valence-corrected chi connectivity index (χ0v) is 31.4. The number of cyclic esters (lactones) is 2. The van der Waals surface area contributed by atoms with E-state index in [4.69, 9.17) is 108 Å². The molecule has 0 aromatic carbocycles. The molecule has 0 saturated carbocycles. The van der Waals surface area contributed by atoms with Gasteiger partial charge in [-0.15, -0.1) is 0 Å². The molecule has 4 N–H and O–H groups in total. The van der Waals surface area contributed by atoms with Gasteiger partial charge in [0.1, 0.15) is 18.0 Å². The van der Waals surface area contributed by atoms with Crippen molar-refractivity contribution in [2.75, 3.05) is 6.79 Å². The number of ether oxygens (including phenoxy) is 4. The molecule has 40 heavy (non-hydrogen) atoms. The molecule has 0 atom stereocenters. The fourth-order valence-electron chi connectivity index (χ4n) is 1.35. The van der Waals surface area contributed by atoms with Crippen molar-refractivity contribution in [2.24, 2.45) is 0 Å². The van der Waals surface area contributed by atoms with E-state index < -0.39 is 52.5 Å². The van der Waals surface area contributed by atoms with Gasteiger partial charge in [-0.25, -0.2) is 9.59 Å². The molecule has 18 heteroatoms. The Labute approximate surface area is 272 Å². The predicted octanol–water partition coefficient (Wildman–Crippen LogP) is 9.26. The minimum absolute atomic E-state index is 0. The summed E-state index contributed by atoms with van der Waals surface area (Å²) in [4.78, 5) is 19.2. The molecule has 2 aliphatic heterocycles.